The molecule has 4 atom stereocenters. The van der Waals surface area contributed by atoms with E-state index >= 15 is 0 Å². The molecule has 6 heteroatoms. The summed E-state index contributed by atoms with van der Waals surface area (Å²) in [6.45, 7) is 1.62. The zero-order chi connectivity index (χ0) is 21.4. The Morgan fingerprint density at radius 1 is 1.23 bits per heavy atom. The van der Waals surface area contributed by atoms with Crippen LogP contribution in [0.5, 0.6) is 0 Å². The Bertz CT molecular complexity index is 928. The van der Waals surface area contributed by atoms with E-state index in [9.17, 15) is 14.4 Å². The number of likely N-dealkylation sites (tertiary alicyclic amines) is 1. The summed E-state index contributed by atoms with van der Waals surface area (Å²) in [6.07, 6.45) is 15.9. The van der Waals surface area contributed by atoms with Gasteiger partial charge in [-0.1, -0.05) is 18.2 Å². The number of allylic oxidation sites excluding steroid dienone is 7. The molecular weight excluding hydrogens is 391 g/mol. The van der Waals surface area contributed by atoms with E-state index in [1.807, 2.05) is 23.4 Å². The molecule has 0 spiro atoms. The molecule has 0 aromatic rings. The Morgan fingerprint density at radius 2 is 2.03 bits per heavy atom. The van der Waals surface area contributed by atoms with E-state index in [1.54, 1.807) is 0 Å². The van der Waals surface area contributed by atoms with Gasteiger partial charge in [-0.25, -0.2) is 4.39 Å². The summed E-state index contributed by atoms with van der Waals surface area (Å²) in [5.74, 6) is 0.898. The van der Waals surface area contributed by atoms with Crippen LogP contribution in [0.4, 0.5) is 4.39 Å². The Morgan fingerprint density at radius 3 is 2.77 bits per heavy atom. The number of hydrogen-bond acceptors (Lipinski definition) is 4. The number of carbonyl (C=O) groups excluding carboxylic acids is 1. The standard InChI is InChI=1S/C25H29FN4O/c26-21-10-16(14-27)9-19(12-21)20-11-18-3-6-28-15-23(18)24(13-20)29-22-4-7-30(8-5-22)25(31)17-1-2-17/h3,6,9,11,13,15,17-19,21-23,29H,1-2,4-5,7-8,10,12H2/t18?,19?,21-,23?/m1/s1. The molecule has 1 amide bonds. The molecule has 1 saturated heterocycles. The minimum atomic E-state index is -0.968. The fourth-order valence-corrected chi connectivity index (χ4v) is 5.23. The number of piperidine rings is 1. The number of hydrogen-bond donors (Lipinski definition) is 1. The third-order valence-electron chi connectivity index (χ3n) is 7.15. The molecule has 3 unspecified atom stereocenters. The molecule has 5 rings (SSSR count). The fraction of sp³-hybridized carbons (Fsp3) is 0.560. The second-order valence-electron chi connectivity index (χ2n) is 9.47. The molecule has 3 aliphatic carbocycles. The Hall–Kier alpha value is -2.68. The number of aliphatic imine (C=N–C) groups is 1. The molecule has 2 fully saturated rings. The van der Waals surface area contributed by atoms with Crippen LogP contribution in [0.15, 0.2) is 52.3 Å². The number of alkyl halides is 1. The van der Waals surface area contributed by atoms with Gasteiger partial charge >= 0.3 is 0 Å². The number of fused-ring (bicyclic) bond motifs is 1. The molecule has 162 valence electrons. The lowest BCUT2D eigenvalue weighted by atomic mass is 9.76. The second kappa shape index (κ2) is 8.45. The van der Waals surface area contributed by atoms with Crippen molar-refractivity contribution in [2.24, 2.45) is 28.7 Å². The quantitative estimate of drug-likeness (QED) is 0.752. The molecule has 5 aliphatic rings. The number of carbonyl (C=O) groups is 1. The SMILES string of the molecule is N#CC1=CC(C2=CC3C=CN=CC3C(NC3CCN(C(=O)C4CC4)CC3)=C2)C[C@H](F)C1. The van der Waals surface area contributed by atoms with E-state index in [0.717, 1.165) is 50.0 Å². The maximum atomic E-state index is 14.3. The maximum absolute atomic E-state index is 14.3. The van der Waals surface area contributed by atoms with Gasteiger partial charge in [0.15, 0.2) is 0 Å². The predicted octanol–water partition coefficient (Wildman–Crippen LogP) is 3.83. The molecule has 0 radical (unpaired) electrons. The van der Waals surface area contributed by atoms with E-state index in [0.29, 0.717) is 23.9 Å². The van der Waals surface area contributed by atoms with Gasteiger partial charge in [0.25, 0.3) is 0 Å². The largest absolute Gasteiger partial charge is 0.385 e. The first-order valence-corrected chi connectivity index (χ1v) is 11.5. The van der Waals surface area contributed by atoms with Crippen LogP contribution in [0.3, 0.4) is 0 Å². The molecule has 1 saturated carbocycles. The highest BCUT2D eigenvalue weighted by Gasteiger charge is 2.36. The van der Waals surface area contributed by atoms with E-state index in [1.165, 1.54) is 0 Å². The fourth-order valence-electron chi connectivity index (χ4n) is 5.23. The highest BCUT2D eigenvalue weighted by molar-refractivity contribution is 5.81. The third kappa shape index (κ3) is 4.37. The highest BCUT2D eigenvalue weighted by atomic mass is 19.1. The van der Waals surface area contributed by atoms with Gasteiger partial charge in [0.2, 0.25) is 5.91 Å². The third-order valence-corrected chi connectivity index (χ3v) is 7.15. The Balaban J connectivity index is 1.31. The first kappa shape index (κ1) is 20.2. The van der Waals surface area contributed by atoms with Gasteiger partial charge in [0, 0.05) is 72.9 Å². The lowest BCUT2D eigenvalue weighted by Crippen LogP contribution is -2.46. The van der Waals surface area contributed by atoms with Gasteiger partial charge < -0.3 is 10.2 Å². The van der Waals surface area contributed by atoms with Gasteiger partial charge in [-0.3, -0.25) is 9.79 Å². The van der Waals surface area contributed by atoms with E-state index in [2.05, 4.69) is 34.6 Å². The minimum absolute atomic E-state index is 0.0681. The minimum Gasteiger partial charge on any atom is -0.385 e. The van der Waals surface area contributed by atoms with E-state index in [-0.39, 0.29) is 30.1 Å². The zero-order valence-electron chi connectivity index (χ0n) is 17.7. The van der Waals surface area contributed by atoms with E-state index < -0.39 is 6.17 Å². The van der Waals surface area contributed by atoms with Crippen molar-refractivity contribution in [2.45, 2.75) is 50.7 Å². The van der Waals surface area contributed by atoms with Crippen LogP contribution in [-0.2, 0) is 4.79 Å². The van der Waals surface area contributed by atoms with Crippen molar-refractivity contribution in [1.29, 1.82) is 5.26 Å². The van der Waals surface area contributed by atoms with Crippen LogP contribution in [-0.4, -0.2) is 42.3 Å². The summed E-state index contributed by atoms with van der Waals surface area (Å²) in [6, 6.07) is 2.47. The van der Waals surface area contributed by atoms with Crippen LogP contribution in [0, 0.1) is 35.0 Å². The smallest absolute Gasteiger partial charge is 0.225 e. The molecule has 0 aromatic heterocycles. The number of halogens is 1. The van der Waals surface area contributed by atoms with E-state index in [4.69, 9.17) is 0 Å². The summed E-state index contributed by atoms with van der Waals surface area (Å²) >= 11 is 0. The number of nitrogens with zero attached hydrogens (tertiary/aromatic N) is 3. The molecule has 0 aromatic carbocycles. The van der Waals surface area contributed by atoms with Crippen LogP contribution < -0.4 is 5.32 Å². The Kier molecular flexibility index (Phi) is 5.52. The monoisotopic (exact) mass is 420 g/mol. The van der Waals surface area contributed by atoms with Gasteiger partial charge in [0.1, 0.15) is 6.17 Å². The van der Waals surface area contributed by atoms with Gasteiger partial charge in [-0.15, -0.1) is 0 Å². The van der Waals surface area contributed by atoms with Crippen molar-refractivity contribution in [2.75, 3.05) is 13.1 Å². The molecule has 1 N–H and O–H groups in total. The number of rotatable bonds is 4. The van der Waals surface area contributed by atoms with Crippen molar-refractivity contribution in [3.63, 3.8) is 0 Å². The van der Waals surface area contributed by atoms with Gasteiger partial charge in [0.05, 0.1) is 6.07 Å². The summed E-state index contributed by atoms with van der Waals surface area (Å²) in [5.41, 5.74) is 2.75. The summed E-state index contributed by atoms with van der Waals surface area (Å²) < 4.78 is 14.3. The number of amides is 1. The highest BCUT2D eigenvalue weighted by Crippen LogP contribution is 2.38. The molecule has 2 heterocycles. The normalized spacial score (nSPS) is 33.0. The molecule has 5 nitrogen and oxygen atoms in total. The molecule has 2 aliphatic heterocycles. The molecular formula is C25H29FN4O. The van der Waals surface area contributed by atoms with Crippen molar-refractivity contribution in [3.05, 3.63) is 47.3 Å². The summed E-state index contributed by atoms with van der Waals surface area (Å²) in [5, 5.41) is 13.0. The van der Waals surface area contributed by atoms with Gasteiger partial charge in [-0.2, -0.15) is 5.26 Å². The molecule has 31 heavy (non-hydrogen) atoms. The van der Waals surface area contributed by atoms with Crippen molar-refractivity contribution >= 4 is 12.1 Å². The van der Waals surface area contributed by atoms with Crippen LogP contribution in [0.1, 0.15) is 38.5 Å². The first-order chi connectivity index (χ1) is 15.1. The Labute approximate surface area is 183 Å². The average Bonchev–Trinajstić information content (AvgIpc) is 3.64. The van der Waals surface area contributed by atoms with Crippen LogP contribution in [0.25, 0.3) is 0 Å². The molecule has 0 bridgehead atoms. The summed E-state index contributed by atoms with van der Waals surface area (Å²) in [7, 11) is 0. The van der Waals surface area contributed by atoms with Crippen LogP contribution >= 0.6 is 0 Å². The van der Waals surface area contributed by atoms with Gasteiger partial charge in [-0.05, 0) is 43.8 Å². The lowest BCUT2D eigenvalue weighted by Gasteiger charge is -2.37. The average molecular weight is 421 g/mol. The number of nitrogens with one attached hydrogen (secondary N) is 1. The van der Waals surface area contributed by atoms with Crippen LogP contribution in [0.2, 0.25) is 0 Å². The maximum Gasteiger partial charge on any atom is 0.225 e. The predicted molar refractivity (Wildman–Crippen MR) is 118 cm³/mol. The zero-order valence-corrected chi connectivity index (χ0v) is 17.7. The first-order valence-electron chi connectivity index (χ1n) is 11.5. The number of nitriles is 1. The lowest BCUT2D eigenvalue weighted by molar-refractivity contribution is -0.133. The summed E-state index contributed by atoms with van der Waals surface area (Å²) in [4.78, 5) is 18.7. The van der Waals surface area contributed by atoms with Crippen molar-refractivity contribution < 1.29 is 9.18 Å². The van der Waals surface area contributed by atoms with Crippen molar-refractivity contribution in [3.8, 4) is 6.07 Å². The van der Waals surface area contributed by atoms with Crippen molar-refractivity contribution in [1.82, 2.24) is 10.2 Å². The topological polar surface area (TPSA) is 68.5 Å². The second-order valence-corrected chi connectivity index (χ2v) is 9.47.